The third kappa shape index (κ3) is 6.24. The Morgan fingerprint density at radius 3 is 2.82 bits per heavy atom. The van der Waals surface area contributed by atoms with E-state index in [2.05, 4.69) is 20.7 Å². The number of furan rings is 1. The van der Waals surface area contributed by atoms with Crippen LogP contribution in [0.15, 0.2) is 65.8 Å². The van der Waals surface area contributed by atoms with Gasteiger partial charge in [0, 0.05) is 25.6 Å². The minimum absolute atomic E-state index is 0.128. The second-order valence-electron chi connectivity index (χ2n) is 6.08. The minimum atomic E-state index is -0.273. The molecule has 1 aromatic carbocycles. The highest BCUT2D eigenvalue weighted by molar-refractivity contribution is 5.91. The van der Waals surface area contributed by atoms with E-state index in [1.165, 1.54) is 18.7 Å². The first-order valence-electron chi connectivity index (χ1n) is 8.85. The number of hydrogen-bond donors (Lipinski definition) is 2. The van der Waals surface area contributed by atoms with Crippen LogP contribution in [0.3, 0.4) is 0 Å². The van der Waals surface area contributed by atoms with Gasteiger partial charge in [0.2, 0.25) is 11.8 Å². The van der Waals surface area contributed by atoms with E-state index in [4.69, 9.17) is 4.42 Å². The molecule has 0 aliphatic heterocycles. The van der Waals surface area contributed by atoms with Gasteiger partial charge in [0.25, 0.3) is 0 Å². The summed E-state index contributed by atoms with van der Waals surface area (Å²) in [7, 11) is 0. The van der Waals surface area contributed by atoms with E-state index >= 15 is 0 Å². The number of carbonyl (C=O) groups excluding carboxylic acids is 2. The maximum absolute atomic E-state index is 12.0. The van der Waals surface area contributed by atoms with E-state index in [-0.39, 0.29) is 24.8 Å². The lowest BCUT2D eigenvalue weighted by molar-refractivity contribution is -0.121. The van der Waals surface area contributed by atoms with Crippen molar-refractivity contribution in [2.45, 2.75) is 19.5 Å². The van der Waals surface area contributed by atoms with Gasteiger partial charge in [-0.3, -0.25) is 9.59 Å². The summed E-state index contributed by atoms with van der Waals surface area (Å²) < 4.78 is 6.84. The standard InChI is InChI=1S/C20H21N5O3/c26-19(7-6-18-5-2-10-28-18)22-9-8-20(27)23-12-16-3-1-4-17(11-16)13-25-15-21-14-24-25/h1-7,10-11,14-15H,8-9,12-13H2,(H,22,26)(H,23,27)/b7-6+. The smallest absolute Gasteiger partial charge is 0.244 e. The van der Waals surface area contributed by atoms with Gasteiger partial charge >= 0.3 is 0 Å². The molecule has 0 atom stereocenters. The Morgan fingerprint density at radius 2 is 2.04 bits per heavy atom. The molecule has 8 heteroatoms. The van der Waals surface area contributed by atoms with Crippen molar-refractivity contribution in [2.24, 2.45) is 0 Å². The maximum Gasteiger partial charge on any atom is 0.244 e. The molecule has 3 rings (SSSR count). The molecule has 3 aromatic rings. The first-order chi connectivity index (χ1) is 13.7. The number of carbonyl (C=O) groups is 2. The fourth-order valence-electron chi connectivity index (χ4n) is 2.53. The zero-order valence-electron chi connectivity index (χ0n) is 15.2. The van der Waals surface area contributed by atoms with E-state index in [0.29, 0.717) is 18.8 Å². The summed E-state index contributed by atoms with van der Waals surface area (Å²) in [6.07, 6.45) is 7.84. The minimum Gasteiger partial charge on any atom is -0.465 e. The highest BCUT2D eigenvalue weighted by atomic mass is 16.3. The predicted octanol–water partition coefficient (Wildman–Crippen LogP) is 1.76. The molecule has 144 valence electrons. The summed E-state index contributed by atoms with van der Waals surface area (Å²) in [5.41, 5.74) is 2.07. The molecule has 2 amide bonds. The van der Waals surface area contributed by atoms with Gasteiger partial charge in [-0.25, -0.2) is 9.67 Å². The Balaban J connectivity index is 1.36. The fourth-order valence-corrected chi connectivity index (χ4v) is 2.53. The fraction of sp³-hybridized carbons (Fsp3) is 0.200. The van der Waals surface area contributed by atoms with Crippen molar-refractivity contribution in [2.75, 3.05) is 6.54 Å². The second-order valence-corrected chi connectivity index (χ2v) is 6.08. The molecule has 0 radical (unpaired) electrons. The van der Waals surface area contributed by atoms with Gasteiger partial charge in [0.15, 0.2) is 0 Å². The second kappa shape index (κ2) is 9.86. The molecule has 28 heavy (non-hydrogen) atoms. The first kappa shape index (κ1) is 19.1. The molecule has 0 unspecified atom stereocenters. The molecule has 0 aliphatic carbocycles. The molecule has 0 bridgehead atoms. The number of rotatable bonds is 9. The Bertz CT molecular complexity index is 917. The Labute approximate surface area is 162 Å². The molecule has 0 spiro atoms. The topological polar surface area (TPSA) is 102 Å². The zero-order chi connectivity index (χ0) is 19.6. The van der Waals surface area contributed by atoms with Gasteiger partial charge in [-0.05, 0) is 29.3 Å². The molecule has 0 fully saturated rings. The first-order valence-corrected chi connectivity index (χ1v) is 8.85. The van der Waals surface area contributed by atoms with Crippen molar-refractivity contribution in [3.8, 4) is 0 Å². The molecular weight excluding hydrogens is 358 g/mol. The molecule has 8 nitrogen and oxygen atoms in total. The van der Waals surface area contributed by atoms with Crippen LogP contribution in [-0.4, -0.2) is 33.1 Å². The number of hydrogen-bond acceptors (Lipinski definition) is 5. The maximum atomic E-state index is 12.0. The lowest BCUT2D eigenvalue weighted by Crippen LogP contribution is -2.29. The highest BCUT2D eigenvalue weighted by Gasteiger charge is 2.04. The van der Waals surface area contributed by atoms with Crippen molar-refractivity contribution in [3.05, 3.63) is 78.3 Å². The van der Waals surface area contributed by atoms with Crippen LogP contribution >= 0.6 is 0 Å². The van der Waals surface area contributed by atoms with Gasteiger partial charge in [-0.15, -0.1) is 0 Å². The monoisotopic (exact) mass is 379 g/mol. The van der Waals surface area contributed by atoms with E-state index in [1.54, 1.807) is 29.2 Å². The summed E-state index contributed by atoms with van der Waals surface area (Å²) in [5, 5.41) is 9.60. The summed E-state index contributed by atoms with van der Waals surface area (Å²) in [6, 6.07) is 11.4. The number of amides is 2. The third-order valence-corrected chi connectivity index (χ3v) is 3.89. The number of nitrogens with zero attached hydrogens (tertiary/aromatic N) is 3. The van der Waals surface area contributed by atoms with Crippen molar-refractivity contribution in [1.82, 2.24) is 25.4 Å². The van der Waals surface area contributed by atoms with Gasteiger partial charge < -0.3 is 15.1 Å². The van der Waals surface area contributed by atoms with E-state index in [1.807, 2.05) is 24.3 Å². The Kier molecular flexibility index (Phi) is 6.73. The third-order valence-electron chi connectivity index (χ3n) is 3.89. The van der Waals surface area contributed by atoms with Crippen molar-refractivity contribution in [3.63, 3.8) is 0 Å². The van der Waals surface area contributed by atoms with E-state index in [9.17, 15) is 9.59 Å². The van der Waals surface area contributed by atoms with Crippen LogP contribution in [0.25, 0.3) is 6.08 Å². The van der Waals surface area contributed by atoms with Crippen LogP contribution in [-0.2, 0) is 22.7 Å². The molecular formula is C20H21N5O3. The van der Waals surface area contributed by atoms with Crippen LogP contribution in [0.4, 0.5) is 0 Å². The molecule has 2 N–H and O–H groups in total. The molecule has 0 saturated heterocycles. The number of aromatic nitrogens is 3. The van der Waals surface area contributed by atoms with Crippen molar-refractivity contribution in [1.29, 1.82) is 0 Å². The van der Waals surface area contributed by atoms with Crippen LogP contribution in [0.5, 0.6) is 0 Å². The lowest BCUT2D eigenvalue weighted by Gasteiger charge is -2.08. The highest BCUT2D eigenvalue weighted by Crippen LogP contribution is 2.07. The van der Waals surface area contributed by atoms with Crippen LogP contribution in [0, 0.1) is 0 Å². The van der Waals surface area contributed by atoms with E-state index in [0.717, 1.165) is 11.1 Å². The van der Waals surface area contributed by atoms with Gasteiger partial charge in [-0.1, -0.05) is 24.3 Å². The molecule has 0 aliphatic rings. The summed E-state index contributed by atoms with van der Waals surface area (Å²) in [6.45, 7) is 1.31. The predicted molar refractivity (Wildman–Crippen MR) is 103 cm³/mol. The number of nitrogens with one attached hydrogen (secondary N) is 2. The van der Waals surface area contributed by atoms with Crippen LogP contribution in [0.1, 0.15) is 23.3 Å². The Morgan fingerprint density at radius 1 is 1.14 bits per heavy atom. The summed E-state index contributed by atoms with van der Waals surface area (Å²) in [5.74, 6) is 0.195. The molecule has 2 aromatic heterocycles. The van der Waals surface area contributed by atoms with Crippen LogP contribution < -0.4 is 10.6 Å². The lowest BCUT2D eigenvalue weighted by atomic mass is 10.1. The molecule has 0 saturated carbocycles. The average molecular weight is 379 g/mol. The van der Waals surface area contributed by atoms with E-state index < -0.39 is 0 Å². The molecule has 2 heterocycles. The van der Waals surface area contributed by atoms with Crippen molar-refractivity contribution >= 4 is 17.9 Å². The number of benzene rings is 1. The quantitative estimate of drug-likeness (QED) is 0.552. The normalized spacial score (nSPS) is 10.9. The van der Waals surface area contributed by atoms with Crippen molar-refractivity contribution < 1.29 is 14.0 Å². The van der Waals surface area contributed by atoms with Gasteiger partial charge in [-0.2, -0.15) is 5.10 Å². The van der Waals surface area contributed by atoms with Gasteiger partial charge in [0.05, 0.1) is 12.8 Å². The van der Waals surface area contributed by atoms with Gasteiger partial charge in [0.1, 0.15) is 18.4 Å². The largest absolute Gasteiger partial charge is 0.465 e. The Hall–Kier alpha value is -3.68. The average Bonchev–Trinajstić information content (AvgIpc) is 3.39. The summed E-state index contributed by atoms with van der Waals surface area (Å²) >= 11 is 0. The van der Waals surface area contributed by atoms with Crippen LogP contribution in [0.2, 0.25) is 0 Å². The SMILES string of the molecule is O=C(/C=C/c1ccco1)NCCC(=O)NCc1cccc(Cn2cncn2)c1. The summed E-state index contributed by atoms with van der Waals surface area (Å²) in [4.78, 5) is 27.6. The zero-order valence-corrected chi connectivity index (χ0v) is 15.2.